The van der Waals surface area contributed by atoms with Gasteiger partial charge in [-0.05, 0) is 37.1 Å². The van der Waals surface area contributed by atoms with Gasteiger partial charge in [0, 0.05) is 18.8 Å². The Morgan fingerprint density at radius 3 is 2.70 bits per heavy atom. The molecule has 3 rings (SSSR count). The van der Waals surface area contributed by atoms with Crippen LogP contribution >= 0.6 is 0 Å². The average molecular weight is 373 g/mol. The third kappa shape index (κ3) is 4.47. The molecule has 1 fully saturated rings. The topological polar surface area (TPSA) is 129 Å². The Balaban J connectivity index is 1.78. The molecule has 142 valence electrons. The molecule has 1 aliphatic heterocycles. The summed E-state index contributed by atoms with van der Waals surface area (Å²) in [6, 6.07) is 6.32. The molecule has 1 aliphatic rings. The van der Waals surface area contributed by atoms with Crippen molar-refractivity contribution in [1.29, 1.82) is 0 Å². The largest absolute Gasteiger partial charge is 0.465 e. The van der Waals surface area contributed by atoms with E-state index in [1.807, 2.05) is 0 Å². The number of methoxy groups -OCH3 is 1. The zero-order chi connectivity index (χ0) is 19.2. The Kier molecular flexibility index (Phi) is 5.77. The van der Waals surface area contributed by atoms with Crippen molar-refractivity contribution in [3.63, 3.8) is 0 Å². The number of aromatic nitrogens is 2. The molecule has 1 atom stereocenters. The van der Waals surface area contributed by atoms with Gasteiger partial charge in [0.1, 0.15) is 6.33 Å². The van der Waals surface area contributed by atoms with E-state index >= 15 is 0 Å². The molecule has 0 bridgehead atoms. The Morgan fingerprint density at radius 2 is 2.07 bits per heavy atom. The highest BCUT2D eigenvalue weighted by Gasteiger charge is 2.24. The number of hydrogen-bond acceptors (Lipinski definition) is 9. The van der Waals surface area contributed by atoms with Gasteiger partial charge in [-0.3, -0.25) is 10.1 Å². The van der Waals surface area contributed by atoms with Gasteiger partial charge in [0.25, 0.3) is 0 Å². The fraction of sp³-hybridized carbons (Fsp3) is 0.353. The molecule has 0 saturated carbocycles. The van der Waals surface area contributed by atoms with Crippen LogP contribution in [0.15, 0.2) is 30.6 Å². The third-order valence-corrected chi connectivity index (χ3v) is 4.09. The number of nitro groups is 1. The molecule has 2 aromatic rings. The molecule has 0 aliphatic carbocycles. The van der Waals surface area contributed by atoms with Crippen LogP contribution in [0, 0.1) is 10.1 Å². The molecule has 2 heterocycles. The number of nitrogens with one attached hydrogen (secondary N) is 2. The SMILES string of the molecule is COC(=O)c1ccc(Nc2ncnc(NCC3CCCO3)c2[N+](=O)[O-])cc1. The first-order valence-electron chi connectivity index (χ1n) is 8.38. The molecule has 1 saturated heterocycles. The number of rotatable bonds is 7. The van der Waals surface area contributed by atoms with Gasteiger partial charge >= 0.3 is 11.7 Å². The molecule has 1 aromatic carbocycles. The first-order valence-corrected chi connectivity index (χ1v) is 8.38. The first-order chi connectivity index (χ1) is 13.1. The molecule has 10 heteroatoms. The molecule has 0 amide bonds. The lowest BCUT2D eigenvalue weighted by Gasteiger charge is -2.13. The van der Waals surface area contributed by atoms with Crippen molar-refractivity contribution in [2.24, 2.45) is 0 Å². The first kappa shape index (κ1) is 18.5. The lowest BCUT2D eigenvalue weighted by molar-refractivity contribution is -0.383. The number of ether oxygens (including phenoxy) is 2. The summed E-state index contributed by atoms with van der Waals surface area (Å²) in [7, 11) is 1.30. The van der Waals surface area contributed by atoms with Crippen LogP contribution in [-0.2, 0) is 9.47 Å². The normalized spacial score (nSPS) is 16.0. The van der Waals surface area contributed by atoms with Gasteiger partial charge < -0.3 is 20.1 Å². The molecule has 2 N–H and O–H groups in total. The molecule has 1 unspecified atom stereocenters. The second-order valence-electron chi connectivity index (χ2n) is 5.89. The third-order valence-electron chi connectivity index (χ3n) is 4.09. The van der Waals surface area contributed by atoms with E-state index in [1.165, 1.54) is 13.4 Å². The van der Waals surface area contributed by atoms with Crippen LogP contribution in [0.1, 0.15) is 23.2 Å². The van der Waals surface area contributed by atoms with Crippen molar-refractivity contribution in [1.82, 2.24) is 9.97 Å². The van der Waals surface area contributed by atoms with Crippen LogP contribution in [0.5, 0.6) is 0 Å². The van der Waals surface area contributed by atoms with Gasteiger partial charge in [-0.1, -0.05) is 0 Å². The highest BCUT2D eigenvalue weighted by Crippen LogP contribution is 2.31. The molecule has 0 radical (unpaired) electrons. The number of carbonyl (C=O) groups is 1. The van der Waals surface area contributed by atoms with E-state index in [4.69, 9.17) is 4.74 Å². The Labute approximate surface area is 155 Å². The Hall–Kier alpha value is -3.27. The quantitative estimate of drug-likeness (QED) is 0.427. The summed E-state index contributed by atoms with van der Waals surface area (Å²) in [4.78, 5) is 30.5. The van der Waals surface area contributed by atoms with E-state index < -0.39 is 10.9 Å². The summed E-state index contributed by atoms with van der Waals surface area (Å²) in [6.07, 6.45) is 3.15. The van der Waals surface area contributed by atoms with Crippen LogP contribution in [0.25, 0.3) is 0 Å². The minimum Gasteiger partial charge on any atom is -0.465 e. The van der Waals surface area contributed by atoms with Crippen molar-refractivity contribution in [3.8, 4) is 0 Å². The van der Waals surface area contributed by atoms with Gasteiger partial charge in [0.15, 0.2) is 0 Å². The van der Waals surface area contributed by atoms with Crippen molar-refractivity contribution in [3.05, 3.63) is 46.3 Å². The van der Waals surface area contributed by atoms with Crippen LogP contribution < -0.4 is 10.6 Å². The molecular weight excluding hydrogens is 354 g/mol. The zero-order valence-electron chi connectivity index (χ0n) is 14.7. The van der Waals surface area contributed by atoms with E-state index in [0.717, 1.165) is 12.8 Å². The van der Waals surface area contributed by atoms with Gasteiger partial charge in [0.05, 0.1) is 23.7 Å². The summed E-state index contributed by atoms with van der Waals surface area (Å²) in [5, 5.41) is 17.4. The van der Waals surface area contributed by atoms with Crippen LogP contribution in [0.4, 0.5) is 23.0 Å². The summed E-state index contributed by atoms with van der Waals surface area (Å²) in [6.45, 7) is 1.14. The van der Waals surface area contributed by atoms with E-state index in [0.29, 0.717) is 24.4 Å². The van der Waals surface area contributed by atoms with E-state index in [-0.39, 0.29) is 23.4 Å². The predicted molar refractivity (Wildman–Crippen MR) is 97.2 cm³/mol. The van der Waals surface area contributed by atoms with Gasteiger partial charge in [0.2, 0.25) is 11.6 Å². The summed E-state index contributed by atoms with van der Waals surface area (Å²) in [5.41, 5.74) is 0.654. The molecule has 1 aromatic heterocycles. The number of esters is 1. The lowest BCUT2D eigenvalue weighted by Crippen LogP contribution is -2.20. The number of carbonyl (C=O) groups excluding carboxylic acids is 1. The second kappa shape index (κ2) is 8.41. The molecule has 0 spiro atoms. The Morgan fingerprint density at radius 1 is 1.33 bits per heavy atom. The van der Waals surface area contributed by atoms with Crippen molar-refractivity contribution in [2.75, 3.05) is 30.9 Å². The summed E-state index contributed by atoms with van der Waals surface area (Å²) >= 11 is 0. The maximum Gasteiger partial charge on any atom is 0.353 e. The smallest absolute Gasteiger partial charge is 0.353 e. The summed E-state index contributed by atoms with van der Waals surface area (Å²) in [5.74, 6) is -0.287. The fourth-order valence-corrected chi connectivity index (χ4v) is 2.73. The Bertz CT molecular complexity index is 821. The maximum absolute atomic E-state index is 11.6. The van der Waals surface area contributed by atoms with Crippen LogP contribution in [0.3, 0.4) is 0 Å². The standard InChI is InChI=1S/C17H19N5O5/c1-26-17(23)11-4-6-12(7-5-11)21-16-14(22(24)25)15(19-10-20-16)18-9-13-3-2-8-27-13/h4-7,10,13H,2-3,8-9H2,1H3,(H2,18,19,20,21). The van der Waals surface area contributed by atoms with Crippen molar-refractivity contribution >= 4 is 29.0 Å². The van der Waals surface area contributed by atoms with E-state index in [9.17, 15) is 14.9 Å². The monoisotopic (exact) mass is 373 g/mol. The van der Waals surface area contributed by atoms with Gasteiger partial charge in [-0.15, -0.1) is 0 Å². The average Bonchev–Trinajstić information content (AvgIpc) is 3.20. The second-order valence-corrected chi connectivity index (χ2v) is 5.89. The number of hydrogen-bond donors (Lipinski definition) is 2. The lowest BCUT2D eigenvalue weighted by atomic mass is 10.2. The van der Waals surface area contributed by atoms with Gasteiger partial charge in [-0.2, -0.15) is 0 Å². The van der Waals surface area contributed by atoms with Crippen LogP contribution in [-0.4, -0.2) is 47.2 Å². The molecule has 10 nitrogen and oxygen atoms in total. The number of benzene rings is 1. The van der Waals surface area contributed by atoms with Crippen LogP contribution in [0.2, 0.25) is 0 Å². The highest BCUT2D eigenvalue weighted by molar-refractivity contribution is 5.89. The summed E-state index contributed by atoms with van der Waals surface area (Å²) < 4.78 is 10.2. The highest BCUT2D eigenvalue weighted by atomic mass is 16.6. The van der Waals surface area contributed by atoms with Crippen molar-refractivity contribution < 1.29 is 19.2 Å². The molecule has 27 heavy (non-hydrogen) atoms. The molecular formula is C17H19N5O5. The van der Waals surface area contributed by atoms with Gasteiger partial charge in [-0.25, -0.2) is 14.8 Å². The van der Waals surface area contributed by atoms with E-state index in [2.05, 4.69) is 25.3 Å². The zero-order valence-corrected chi connectivity index (χ0v) is 14.7. The fourth-order valence-electron chi connectivity index (χ4n) is 2.73. The number of anilines is 3. The predicted octanol–water partition coefficient (Wildman–Crippen LogP) is 2.51. The van der Waals surface area contributed by atoms with E-state index in [1.54, 1.807) is 24.3 Å². The maximum atomic E-state index is 11.6. The minimum absolute atomic E-state index is 0.0156. The van der Waals surface area contributed by atoms with Crippen molar-refractivity contribution in [2.45, 2.75) is 18.9 Å². The minimum atomic E-state index is -0.539. The number of nitrogens with zero attached hydrogens (tertiary/aromatic N) is 3.